The molecule has 0 spiro atoms. The Balaban J connectivity index is 1.44. The molecule has 0 radical (unpaired) electrons. The Morgan fingerprint density at radius 2 is 1.91 bits per heavy atom. The second-order valence-corrected chi connectivity index (χ2v) is 8.47. The number of nitro benzene ring substituents is 1. The summed E-state index contributed by atoms with van der Waals surface area (Å²) < 4.78 is 11.8. The highest BCUT2D eigenvalue weighted by atomic mass is 79.9. The lowest BCUT2D eigenvalue weighted by molar-refractivity contribution is -0.384. The quantitative estimate of drug-likeness (QED) is 0.225. The molecule has 0 N–H and O–H groups in total. The topological polar surface area (TPSA) is 103 Å². The van der Waals surface area contributed by atoms with Gasteiger partial charge in [0.15, 0.2) is 0 Å². The zero-order valence-corrected chi connectivity index (χ0v) is 18.8. The average Bonchev–Trinajstić information content (AvgIpc) is 3.34. The number of furan rings is 1. The van der Waals surface area contributed by atoms with Gasteiger partial charge in [-0.25, -0.2) is 0 Å². The van der Waals surface area contributed by atoms with Crippen LogP contribution in [-0.4, -0.2) is 34.1 Å². The van der Waals surface area contributed by atoms with Crippen LogP contribution in [0.25, 0.3) is 17.4 Å². The van der Waals surface area contributed by atoms with E-state index in [0.29, 0.717) is 27.3 Å². The van der Waals surface area contributed by atoms with E-state index in [4.69, 9.17) is 9.15 Å². The molecule has 0 saturated carbocycles. The fraction of sp³-hybridized carbons (Fsp3) is 0.0909. The Bertz CT molecular complexity index is 1220. The highest BCUT2D eigenvalue weighted by Gasteiger charge is 2.35. The second kappa shape index (κ2) is 9.41. The van der Waals surface area contributed by atoms with Crippen molar-refractivity contribution >= 4 is 50.6 Å². The van der Waals surface area contributed by atoms with Crippen LogP contribution >= 0.6 is 27.7 Å². The van der Waals surface area contributed by atoms with E-state index in [9.17, 15) is 19.7 Å². The molecule has 10 heteroatoms. The molecule has 0 atom stereocenters. The molecule has 1 saturated heterocycles. The summed E-state index contributed by atoms with van der Waals surface area (Å²) in [4.78, 5) is 36.7. The van der Waals surface area contributed by atoms with E-state index in [1.165, 1.54) is 18.2 Å². The first-order chi connectivity index (χ1) is 15.4. The minimum Gasteiger partial charge on any atom is -0.492 e. The predicted octanol–water partition coefficient (Wildman–Crippen LogP) is 5.73. The smallest absolute Gasteiger partial charge is 0.293 e. The van der Waals surface area contributed by atoms with Gasteiger partial charge in [0.25, 0.3) is 16.8 Å². The Kier molecular flexibility index (Phi) is 6.42. The molecule has 1 aromatic heterocycles. The van der Waals surface area contributed by atoms with E-state index < -0.39 is 10.8 Å². The van der Waals surface area contributed by atoms with E-state index in [1.807, 2.05) is 18.2 Å². The summed E-state index contributed by atoms with van der Waals surface area (Å²) in [5.41, 5.74) is 0.582. The van der Waals surface area contributed by atoms with Gasteiger partial charge in [-0.15, -0.1) is 0 Å². The van der Waals surface area contributed by atoms with Gasteiger partial charge in [-0.2, -0.15) is 0 Å². The van der Waals surface area contributed by atoms with Gasteiger partial charge in [0, 0.05) is 28.2 Å². The molecule has 1 aliphatic rings. The van der Waals surface area contributed by atoms with Gasteiger partial charge >= 0.3 is 0 Å². The average molecular weight is 515 g/mol. The van der Waals surface area contributed by atoms with Crippen LogP contribution in [0.4, 0.5) is 10.5 Å². The summed E-state index contributed by atoms with van der Waals surface area (Å²) in [6.07, 6.45) is 1.51. The van der Waals surface area contributed by atoms with Crippen molar-refractivity contribution in [2.24, 2.45) is 0 Å². The first-order valence-electron chi connectivity index (χ1n) is 9.40. The number of amides is 2. The van der Waals surface area contributed by atoms with Crippen LogP contribution in [0, 0.1) is 10.1 Å². The fourth-order valence-electron chi connectivity index (χ4n) is 2.99. The number of hydrogen-bond acceptors (Lipinski definition) is 7. The Labute approximate surface area is 195 Å². The van der Waals surface area contributed by atoms with Crippen LogP contribution in [0.3, 0.4) is 0 Å². The Hall–Kier alpha value is -3.37. The Morgan fingerprint density at radius 1 is 1.12 bits per heavy atom. The number of ether oxygens (including phenoxy) is 1. The third-order valence-electron chi connectivity index (χ3n) is 4.53. The zero-order chi connectivity index (χ0) is 22.7. The van der Waals surface area contributed by atoms with Crippen molar-refractivity contribution in [1.29, 1.82) is 0 Å². The van der Waals surface area contributed by atoms with Gasteiger partial charge < -0.3 is 9.15 Å². The molecule has 4 rings (SSSR count). The van der Waals surface area contributed by atoms with E-state index in [2.05, 4.69) is 15.9 Å². The van der Waals surface area contributed by atoms with Gasteiger partial charge in [0.2, 0.25) is 0 Å². The summed E-state index contributed by atoms with van der Waals surface area (Å²) in [5.74, 6) is 1.10. The molecular formula is C22H15BrN2O6S. The molecule has 32 heavy (non-hydrogen) atoms. The van der Waals surface area contributed by atoms with Crippen molar-refractivity contribution in [1.82, 2.24) is 4.90 Å². The number of para-hydroxylation sites is 1. The summed E-state index contributed by atoms with van der Waals surface area (Å²) in [5, 5.41) is 10.5. The second-order valence-electron chi connectivity index (χ2n) is 6.62. The number of thioether (sulfide) groups is 1. The van der Waals surface area contributed by atoms with Gasteiger partial charge in [-0.05, 0) is 58.0 Å². The van der Waals surface area contributed by atoms with E-state index in [-0.39, 0.29) is 29.0 Å². The van der Waals surface area contributed by atoms with Crippen LogP contribution in [0.2, 0.25) is 0 Å². The van der Waals surface area contributed by atoms with Crippen LogP contribution in [-0.2, 0) is 4.79 Å². The molecule has 0 bridgehead atoms. The van der Waals surface area contributed by atoms with Crippen molar-refractivity contribution in [2.75, 3.05) is 13.2 Å². The van der Waals surface area contributed by atoms with Crippen molar-refractivity contribution < 1.29 is 23.7 Å². The molecule has 8 nitrogen and oxygen atoms in total. The summed E-state index contributed by atoms with van der Waals surface area (Å²) in [7, 11) is 0. The van der Waals surface area contributed by atoms with E-state index >= 15 is 0 Å². The molecule has 2 amide bonds. The van der Waals surface area contributed by atoms with Crippen molar-refractivity contribution in [3.63, 3.8) is 0 Å². The lowest BCUT2D eigenvalue weighted by Crippen LogP contribution is -2.32. The predicted molar refractivity (Wildman–Crippen MR) is 123 cm³/mol. The Morgan fingerprint density at radius 3 is 2.62 bits per heavy atom. The zero-order valence-electron chi connectivity index (χ0n) is 16.4. The third kappa shape index (κ3) is 4.76. The lowest BCUT2D eigenvalue weighted by atomic mass is 10.1. The number of halogens is 1. The van der Waals surface area contributed by atoms with Crippen LogP contribution in [0.1, 0.15) is 5.76 Å². The maximum absolute atomic E-state index is 12.6. The number of hydrogen-bond donors (Lipinski definition) is 0. The lowest BCUT2D eigenvalue weighted by Gasteiger charge is -2.13. The molecule has 1 aliphatic heterocycles. The van der Waals surface area contributed by atoms with Crippen LogP contribution in [0.5, 0.6) is 5.75 Å². The number of imide groups is 1. The number of nitrogens with zero attached hydrogens (tertiary/aromatic N) is 2. The summed E-state index contributed by atoms with van der Waals surface area (Å²) in [6, 6.07) is 16.8. The largest absolute Gasteiger partial charge is 0.492 e. The molecule has 162 valence electrons. The van der Waals surface area contributed by atoms with Crippen LogP contribution < -0.4 is 4.74 Å². The van der Waals surface area contributed by atoms with E-state index in [0.717, 1.165) is 16.7 Å². The molecule has 1 fully saturated rings. The SMILES string of the molecule is O=C1S/C(=C\c2ccc(-c3ccc([N+](=O)[O-])cc3Br)o2)C(=O)N1CCOc1ccccc1. The summed E-state index contributed by atoms with van der Waals surface area (Å²) in [6.45, 7) is 0.324. The van der Waals surface area contributed by atoms with Gasteiger partial charge in [0.05, 0.1) is 16.4 Å². The fourth-order valence-corrected chi connectivity index (χ4v) is 4.39. The van der Waals surface area contributed by atoms with Gasteiger partial charge in [-0.1, -0.05) is 18.2 Å². The number of rotatable bonds is 7. The number of carbonyl (C=O) groups excluding carboxylic acids is 2. The van der Waals surface area contributed by atoms with Crippen molar-refractivity contribution in [3.05, 3.63) is 85.9 Å². The molecule has 2 aromatic carbocycles. The highest BCUT2D eigenvalue weighted by molar-refractivity contribution is 9.10. The van der Waals surface area contributed by atoms with Gasteiger partial charge in [0.1, 0.15) is 23.9 Å². The molecule has 3 aromatic rings. The van der Waals surface area contributed by atoms with Crippen LogP contribution in [0.15, 0.2) is 74.5 Å². The standard InChI is InChI=1S/C22H15BrN2O6S/c23-18-12-14(25(28)29)6-8-17(18)19-9-7-16(31-19)13-20-21(26)24(22(27)32-20)10-11-30-15-4-2-1-3-5-15/h1-9,12-13H,10-11H2/b20-13-. The highest BCUT2D eigenvalue weighted by Crippen LogP contribution is 2.35. The summed E-state index contributed by atoms with van der Waals surface area (Å²) >= 11 is 4.15. The normalized spacial score (nSPS) is 14.9. The third-order valence-corrected chi connectivity index (χ3v) is 6.09. The first kappa shape index (κ1) is 21.8. The minimum absolute atomic E-state index is 0.0441. The molecule has 0 aliphatic carbocycles. The van der Waals surface area contributed by atoms with Crippen molar-refractivity contribution in [3.8, 4) is 17.1 Å². The van der Waals surface area contributed by atoms with E-state index in [1.54, 1.807) is 30.3 Å². The minimum atomic E-state index is -0.483. The maximum Gasteiger partial charge on any atom is 0.293 e. The molecule has 2 heterocycles. The van der Waals surface area contributed by atoms with Gasteiger partial charge in [-0.3, -0.25) is 24.6 Å². The van der Waals surface area contributed by atoms with Crippen molar-refractivity contribution in [2.45, 2.75) is 0 Å². The molecule has 0 unspecified atom stereocenters. The molecular weight excluding hydrogens is 500 g/mol. The number of carbonyl (C=O) groups is 2. The number of nitro groups is 1. The monoisotopic (exact) mass is 514 g/mol. The maximum atomic E-state index is 12.6. The number of non-ortho nitro benzene ring substituents is 1. The number of benzene rings is 2. The first-order valence-corrected chi connectivity index (χ1v) is 11.0.